The Labute approximate surface area is 101 Å². The maximum atomic E-state index is 5.19. The molecule has 2 aromatic rings. The lowest BCUT2D eigenvalue weighted by Crippen LogP contribution is -2.08. The molecule has 0 fully saturated rings. The van der Waals surface area contributed by atoms with Crippen LogP contribution in [0, 0.1) is 18.4 Å². The van der Waals surface area contributed by atoms with Gasteiger partial charge in [0.1, 0.15) is 0 Å². The van der Waals surface area contributed by atoms with Crippen molar-refractivity contribution < 1.29 is 0 Å². The molecule has 82 valence electrons. The molecule has 0 N–H and O–H groups in total. The third-order valence-electron chi connectivity index (χ3n) is 2.62. The Hall–Kier alpha value is -1.48. The van der Waals surface area contributed by atoms with E-state index in [1.54, 1.807) is 6.20 Å². The molecule has 0 aliphatic carbocycles. The highest BCUT2D eigenvalue weighted by molar-refractivity contribution is 7.71. The molecular formula is C13H14N2S. The van der Waals surface area contributed by atoms with E-state index in [4.69, 9.17) is 12.2 Å². The van der Waals surface area contributed by atoms with Gasteiger partial charge in [-0.1, -0.05) is 18.3 Å². The molecule has 2 rings (SSSR count). The molecule has 0 bridgehead atoms. The quantitative estimate of drug-likeness (QED) is 0.737. The number of aryl methyl sites for hydroxylation is 2. The smallest absolute Gasteiger partial charge is 0.0490 e. The Morgan fingerprint density at radius 3 is 2.50 bits per heavy atom. The van der Waals surface area contributed by atoms with Gasteiger partial charge in [0.15, 0.2) is 0 Å². The van der Waals surface area contributed by atoms with Gasteiger partial charge in [-0.25, -0.2) is 0 Å². The first kappa shape index (κ1) is 11.0. The van der Waals surface area contributed by atoms with Gasteiger partial charge < -0.3 is 4.57 Å². The molecule has 0 radical (unpaired) electrons. The summed E-state index contributed by atoms with van der Waals surface area (Å²) in [5.74, 6) is 0. The number of pyridine rings is 2. The fourth-order valence-electron chi connectivity index (χ4n) is 1.81. The van der Waals surface area contributed by atoms with Gasteiger partial charge in [0, 0.05) is 34.8 Å². The molecular weight excluding hydrogens is 216 g/mol. The van der Waals surface area contributed by atoms with Gasteiger partial charge in [-0.15, -0.1) is 0 Å². The highest BCUT2D eigenvalue weighted by atomic mass is 32.1. The van der Waals surface area contributed by atoms with Crippen LogP contribution in [0.1, 0.15) is 17.0 Å². The van der Waals surface area contributed by atoms with E-state index in [2.05, 4.69) is 29.5 Å². The molecule has 2 heterocycles. The number of hydrogen-bond acceptors (Lipinski definition) is 2. The second-order valence-electron chi connectivity index (χ2n) is 3.92. The average molecular weight is 230 g/mol. The minimum Gasteiger partial charge on any atom is -0.345 e. The molecule has 3 heteroatoms. The van der Waals surface area contributed by atoms with Crippen LogP contribution < -0.4 is 0 Å². The van der Waals surface area contributed by atoms with E-state index in [9.17, 15) is 0 Å². The fourth-order valence-corrected chi connectivity index (χ4v) is 2.15. The average Bonchev–Trinajstić information content (AvgIpc) is 2.25. The Morgan fingerprint density at radius 1 is 1.25 bits per heavy atom. The summed E-state index contributed by atoms with van der Waals surface area (Å²) in [4.78, 5) is 4.12. The summed E-state index contributed by atoms with van der Waals surface area (Å²) in [6, 6.07) is 8.10. The van der Waals surface area contributed by atoms with Crippen LogP contribution in [-0.4, -0.2) is 9.55 Å². The summed E-state index contributed by atoms with van der Waals surface area (Å²) >= 11 is 5.19. The van der Waals surface area contributed by atoms with Crippen molar-refractivity contribution in [1.82, 2.24) is 9.55 Å². The normalized spacial score (nSPS) is 10.4. The van der Waals surface area contributed by atoms with Crippen molar-refractivity contribution in [2.45, 2.75) is 20.4 Å². The first-order valence-corrected chi connectivity index (χ1v) is 5.64. The summed E-state index contributed by atoms with van der Waals surface area (Å²) in [5, 5.41) is 0. The standard InChI is InChI=1S/C13H14N2S/c1-10-6-13(16)7-11(2)15(10)9-12-4-3-5-14-8-12/h3-8H,9H2,1-2H3. The highest BCUT2D eigenvalue weighted by Crippen LogP contribution is 2.10. The van der Waals surface area contributed by atoms with Crippen molar-refractivity contribution in [3.63, 3.8) is 0 Å². The van der Waals surface area contributed by atoms with Gasteiger partial charge in [0.05, 0.1) is 0 Å². The van der Waals surface area contributed by atoms with E-state index in [-0.39, 0.29) is 0 Å². The molecule has 0 unspecified atom stereocenters. The molecule has 0 saturated carbocycles. The van der Waals surface area contributed by atoms with Crippen molar-refractivity contribution in [1.29, 1.82) is 0 Å². The van der Waals surface area contributed by atoms with Gasteiger partial charge in [0.25, 0.3) is 0 Å². The van der Waals surface area contributed by atoms with E-state index < -0.39 is 0 Å². The molecule has 0 amide bonds. The van der Waals surface area contributed by atoms with Gasteiger partial charge in [-0.2, -0.15) is 0 Å². The monoisotopic (exact) mass is 230 g/mol. The van der Waals surface area contributed by atoms with E-state index in [1.807, 2.05) is 24.4 Å². The molecule has 2 aromatic heterocycles. The predicted octanol–water partition coefficient (Wildman–Crippen LogP) is 3.28. The summed E-state index contributed by atoms with van der Waals surface area (Å²) in [7, 11) is 0. The number of hydrogen-bond donors (Lipinski definition) is 0. The molecule has 0 atom stereocenters. The van der Waals surface area contributed by atoms with Gasteiger partial charge in [-0.05, 0) is 37.6 Å². The Bertz CT molecular complexity index is 517. The third kappa shape index (κ3) is 2.36. The number of nitrogens with zero attached hydrogens (tertiary/aromatic N) is 2. The number of aromatic nitrogens is 2. The minimum atomic E-state index is 0.848. The summed E-state index contributed by atoms with van der Waals surface area (Å²) in [5.41, 5.74) is 3.58. The topological polar surface area (TPSA) is 17.8 Å². The van der Waals surface area contributed by atoms with Crippen LogP contribution in [0.2, 0.25) is 0 Å². The van der Waals surface area contributed by atoms with Crippen LogP contribution >= 0.6 is 12.2 Å². The highest BCUT2D eigenvalue weighted by Gasteiger charge is 2.00. The van der Waals surface area contributed by atoms with E-state index in [0.717, 1.165) is 11.1 Å². The van der Waals surface area contributed by atoms with Crippen molar-refractivity contribution in [3.8, 4) is 0 Å². The molecule has 0 aliphatic heterocycles. The van der Waals surface area contributed by atoms with Crippen LogP contribution in [0.3, 0.4) is 0 Å². The molecule has 0 aliphatic rings. The van der Waals surface area contributed by atoms with E-state index in [1.165, 1.54) is 17.0 Å². The molecule has 2 nitrogen and oxygen atoms in total. The first-order valence-electron chi connectivity index (χ1n) is 5.24. The summed E-state index contributed by atoms with van der Waals surface area (Å²) < 4.78 is 3.14. The van der Waals surface area contributed by atoms with Crippen LogP contribution in [-0.2, 0) is 6.54 Å². The lowest BCUT2D eigenvalue weighted by atomic mass is 10.2. The van der Waals surface area contributed by atoms with Crippen LogP contribution in [0.15, 0.2) is 36.7 Å². The molecule has 0 spiro atoms. The third-order valence-corrected chi connectivity index (χ3v) is 2.85. The van der Waals surface area contributed by atoms with Crippen molar-refractivity contribution in [2.75, 3.05) is 0 Å². The summed E-state index contributed by atoms with van der Waals surface area (Å²) in [6.45, 7) is 5.01. The predicted molar refractivity (Wildman–Crippen MR) is 68.1 cm³/mol. The minimum absolute atomic E-state index is 0.848. The lowest BCUT2D eigenvalue weighted by Gasteiger charge is -2.14. The zero-order valence-electron chi connectivity index (χ0n) is 9.47. The number of rotatable bonds is 2. The van der Waals surface area contributed by atoms with Crippen molar-refractivity contribution >= 4 is 12.2 Å². The van der Waals surface area contributed by atoms with Crippen molar-refractivity contribution in [2.24, 2.45) is 0 Å². The second-order valence-corrected chi connectivity index (χ2v) is 4.39. The van der Waals surface area contributed by atoms with Gasteiger partial charge >= 0.3 is 0 Å². The Balaban J connectivity index is 2.39. The van der Waals surface area contributed by atoms with Crippen LogP contribution in [0.4, 0.5) is 0 Å². The maximum Gasteiger partial charge on any atom is 0.0490 e. The van der Waals surface area contributed by atoms with E-state index in [0.29, 0.717) is 0 Å². The van der Waals surface area contributed by atoms with Crippen LogP contribution in [0.25, 0.3) is 0 Å². The zero-order chi connectivity index (χ0) is 11.5. The van der Waals surface area contributed by atoms with E-state index >= 15 is 0 Å². The van der Waals surface area contributed by atoms with Gasteiger partial charge in [-0.3, -0.25) is 4.98 Å². The maximum absolute atomic E-state index is 5.19. The largest absolute Gasteiger partial charge is 0.345 e. The first-order chi connectivity index (χ1) is 7.66. The second kappa shape index (κ2) is 4.58. The van der Waals surface area contributed by atoms with Crippen molar-refractivity contribution in [3.05, 3.63) is 58.1 Å². The molecule has 0 aromatic carbocycles. The SMILES string of the molecule is Cc1cc(=S)cc(C)n1Cc1cccnc1. The lowest BCUT2D eigenvalue weighted by molar-refractivity contribution is 0.727. The zero-order valence-corrected chi connectivity index (χ0v) is 10.3. The van der Waals surface area contributed by atoms with Gasteiger partial charge in [0.2, 0.25) is 0 Å². The van der Waals surface area contributed by atoms with Crippen LogP contribution in [0.5, 0.6) is 0 Å². The Kier molecular flexibility index (Phi) is 3.15. The fraction of sp³-hybridized carbons (Fsp3) is 0.231. The Morgan fingerprint density at radius 2 is 1.94 bits per heavy atom. The molecule has 0 saturated heterocycles. The molecule has 16 heavy (non-hydrogen) atoms. The summed E-state index contributed by atoms with van der Waals surface area (Å²) in [6.07, 6.45) is 3.69.